The Morgan fingerprint density at radius 3 is 2.63 bits per heavy atom. The molecule has 2 fully saturated rings. The van der Waals surface area contributed by atoms with E-state index < -0.39 is 0 Å². The molecular formula is C17H29IN6O3. The van der Waals surface area contributed by atoms with Crippen LogP contribution < -0.4 is 5.32 Å². The second kappa shape index (κ2) is 10.8. The number of aryl methyl sites for hydroxylation is 1. The fraction of sp³-hybridized carbons (Fsp3) is 0.765. The summed E-state index contributed by atoms with van der Waals surface area (Å²) >= 11 is 0. The molecule has 9 nitrogen and oxygen atoms in total. The summed E-state index contributed by atoms with van der Waals surface area (Å²) in [5.74, 6) is 2.34. The fourth-order valence-electron chi connectivity index (χ4n) is 3.27. The first-order valence-electron chi connectivity index (χ1n) is 9.38. The van der Waals surface area contributed by atoms with Gasteiger partial charge in [0.2, 0.25) is 5.89 Å². The molecule has 0 radical (unpaired) electrons. The molecule has 0 bridgehead atoms. The Morgan fingerprint density at radius 1 is 1.30 bits per heavy atom. The number of hydrogen-bond acceptors (Lipinski definition) is 6. The molecule has 3 rings (SSSR count). The molecule has 1 unspecified atom stereocenters. The lowest BCUT2D eigenvalue weighted by molar-refractivity contribution is -0.142. The monoisotopic (exact) mass is 492 g/mol. The number of rotatable bonds is 5. The zero-order valence-corrected chi connectivity index (χ0v) is 18.3. The maximum absolute atomic E-state index is 12.4. The number of aliphatic imine (C=N–C) groups is 1. The van der Waals surface area contributed by atoms with E-state index in [1.165, 1.54) is 0 Å². The number of aromatic nitrogens is 2. The number of amides is 1. The van der Waals surface area contributed by atoms with Gasteiger partial charge in [0.15, 0.2) is 11.8 Å². The van der Waals surface area contributed by atoms with Crippen LogP contribution in [0.5, 0.6) is 0 Å². The number of guanidine groups is 1. The number of nitrogens with one attached hydrogen (secondary N) is 1. The van der Waals surface area contributed by atoms with Crippen LogP contribution in [0.3, 0.4) is 0 Å². The van der Waals surface area contributed by atoms with E-state index in [2.05, 4.69) is 25.3 Å². The number of nitrogens with zero attached hydrogens (tertiary/aromatic N) is 5. The summed E-state index contributed by atoms with van der Waals surface area (Å²) in [7, 11) is 1.77. The maximum Gasteiger partial charge on any atom is 0.251 e. The Morgan fingerprint density at radius 2 is 2.04 bits per heavy atom. The van der Waals surface area contributed by atoms with Gasteiger partial charge in [-0.2, -0.15) is 4.98 Å². The molecule has 1 N–H and O–H groups in total. The third-order valence-electron chi connectivity index (χ3n) is 4.75. The maximum atomic E-state index is 12.4. The Labute approximate surface area is 176 Å². The summed E-state index contributed by atoms with van der Waals surface area (Å²) in [4.78, 5) is 25.2. The summed E-state index contributed by atoms with van der Waals surface area (Å²) < 4.78 is 10.6. The van der Waals surface area contributed by atoms with E-state index in [1.54, 1.807) is 7.05 Å². The van der Waals surface area contributed by atoms with Crippen molar-refractivity contribution in [2.75, 3.05) is 46.4 Å². The topological polar surface area (TPSA) is 96.1 Å². The van der Waals surface area contributed by atoms with Gasteiger partial charge in [-0.3, -0.25) is 9.79 Å². The lowest BCUT2D eigenvalue weighted by atomic mass is 10.2. The number of hydrogen-bond donors (Lipinski definition) is 1. The number of piperazine rings is 1. The molecule has 27 heavy (non-hydrogen) atoms. The first-order chi connectivity index (χ1) is 12.7. The van der Waals surface area contributed by atoms with Crippen LogP contribution in [0, 0.1) is 0 Å². The van der Waals surface area contributed by atoms with Crippen molar-refractivity contribution in [1.29, 1.82) is 0 Å². The molecule has 0 aromatic carbocycles. The molecule has 1 aromatic rings. The highest BCUT2D eigenvalue weighted by Gasteiger charge is 2.30. The highest BCUT2D eigenvalue weighted by molar-refractivity contribution is 14.0. The predicted molar refractivity (Wildman–Crippen MR) is 111 cm³/mol. The fourth-order valence-corrected chi connectivity index (χ4v) is 3.27. The van der Waals surface area contributed by atoms with Gasteiger partial charge in [0.25, 0.3) is 5.91 Å². The molecule has 2 aliphatic heterocycles. The van der Waals surface area contributed by atoms with E-state index >= 15 is 0 Å². The van der Waals surface area contributed by atoms with Crippen molar-refractivity contribution in [2.24, 2.45) is 4.99 Å². The summed E-state index contributed by atoms with van der Waals surface area (Å²) in [5, 5.41) is 7.29. The molecule has 10 heteroatoms. The Balaban J connectivity index is 0.00000261. The highest BCUT2D eigenvalue weighted by Crippen LogP contribution is 2.16. The van der Waals surface area contributed by atoms with Crippen molar-refractivity contribution in [3.8, 4) is 0 Å². The minimum Gasteiger partial charge on any atom is -0.368 e. The first-order valence-corrected chi connectivity index (χ1v) is 9.38. The summed E-state index contributed by atoms with van der Waals surface area (Å²) in [6, 6.07) is 0. The first kappa shape index (κ1) is 21.9. The largest absolute Gasteiger partial charge is 0.368 e. The average Bonchev–Trinajstić information content (AvgIpc) is 3.37. The van der Waals surface area contributed by atoms with Gasteiger partial charge in [-0.05, 0) is 12.8 Å². The highest BCUT2D eigenvalue weighted by atomic mass is 127. The molecule has 1 amide bonds. The van der Waals surface area contributed by atoms with E-state index in [0.29, 0.717) is 44.4 Å². The molecular weight excluding hydrogens is 463 g/mol. The summed E-state index contributed by atoms with van der Waals surface area (Å²) in [6.45, 7) is 6.30. The molecule has 0 aliphatic carbocycles. The van der Waals surface area contributed by atoms with Crippen LogP contribution >= 0.6 is 24.0 Å². The Bertz CT molecular complexity index is 624. The SMILES string of the molecule is CCc1nc(CCNC(=NC)N2CCN(C(=O)C3CCCO3)CC2)no1.I. The minimum absolute atomic E-state index is 0. The van der Waals surface area contributed by atoms with Crippen molar-refractivity contribution in [2.45, 2.75) is 38.7 Å². The van der Waals surface area contributed by atoms with Gasteiger partial charge in [-0.15, -0.1) is 24.0 Å². The number of carbonyl (C=O) groups is 1. The second-order valence-electron chi connectivity index (χ2n) is 6.50. The van der Waals surface area contributed by atoms with Crippen LogP contribution in [0.1, 0.15) is 31.5 Å². The molecule has 1 aromatic heterocycles. The third-order valence-corrected chi connectivity index (χ3v) is 4.75. The van der Waals surface area contributed by atoms with E-state index in [0.717, 1.165) is 38.3 Å². The molecule has 3 heterocycles. The van der Waals surface area contributed by atoms with Crippen molar-refractivity contribution < 1.29 is 14.1 Å². The molecule has 2 saturated heterocycles. The van der Waals surface area contributed by atoms with Crippen molar-refractivity contribution >= 4 is 35.8 Å². The van der Waals surface area contributed by atoms with Gasteiger partial charge in [-0.1, -0.05) is 12.1 Å². The van der Waals surface area contributed by atoms with E-state index in [4.69, 9.17) is 9.26 Å². The summed E-state index contributed by atoms with van der Waals surface area (Å²) in [5.41, 5.74) is 0. The minimum atomic E-state index is -0.234. The Kier molecular flexibility index (Phi) is 8.74. The van der Waals surface area contributed by atoms with Crippen LogP contribution in [0.25, 0.3) is 0 Å². The normalized spacial score (nSPS) is 20.5. The van der Waals surface area contributed by atoms with Crippen LogP contribution in [-0.2, 0) is 22.4 Å². The number of halogens is 1. The van der Waals surface area contributed by atoms with Crippen LogP contribution in [-0.4, -0.2) is 84.3 Å². The van der Waals surface area contributed by atoms with Crippen molar-refractivity contribution in [3.63, 3.8) is 0 Å². The average molecular weight is 492 g/mol. The second-order valence-corrected chi connectivity index (χ2v) is 6.50. The van der Waals surface area contributed by atoms with Crippen molar-refractivity contribution in [1.82, 2.24) is 25.3 Å². The third kappa shape index (κ3) is 5.77. The smallest absolute Gasteiger partial charge is 0.251 e. The lowest BCUT2D eigenvalue weighted by Gasteiger charge is -2.37. The quantitative estimate of drug-likeness (QED) is 0.367. The van der Waals surface area contributed by atoms with Crippen LogP contribution in [0.4, 0.5) is 0 Å². The van der Waals surface area contributed by atoms with E-state index in [9.17, 15) is 4.79 Å². The predicted octanol–water partition coefficient (Wildman–Crippen LogP) is 0.691. The number of carbonyl (C=O) groups excluding carboxylic acids is 1. The summed E-state index contributed by atoms with van der Waals surface area (Å²) in [6.07, 6.45) is 3.02. The zero-order chi connectivity index (χ0) is 18.4. The standard InChI is InChI=1S/C17H28N6O3.HI/c1-3-15-20-14(21-26-15)6-7-19-17(18-2)23-10-8-22(9-11-23)16(24)13-5-4-12-25-13;/h13H,3-12H2,1-2H3,(H,18,19);1H. The zero-order valence-electron chi connectivity index (χ0n) is 16.0. The van der Waals surface area contributed by atoms with Gasteiger partial charge in [0, 0.05) is 59.2 Å². The van der Waals surface area contributed by atoms with Crippen LogP contribution in [0.15, 0.2) is 9.52 Å². The molecule has 0 saturated carbocycles. The molecule has 152 valence electrons. The van der Waals surface area contributed by atoms with Gasteiger partial charge >= 0.3 is 0 Å². The van der Waals surface area contributed by atoms with Gasteiger partial charge in [-0.25, -0.2) is 0 Å². The van der Waals surface area contributed by atoms with Crippen molar-refractivity contribution in [3.05, 3.63) is 11.7 Å². The molecule has 1 atom stereocenters. The van der Waals surface area contributed by atoms with E-state index in [-0.39, 0.29) is 36.0 Å². The van der Waals surface area contributed by atoms with Gasteiger partial charge < -0.3 is 24.4 Å². The van der Waals surface area contributed by atoms with Gasteiger partial charge in [0.05, 0.1) is 0 Å². The van der Waals surface area contributed by atoms with E-state index in [1.807, 2.05) is 11.8 Å². The van der Waals surface area contributed by atoms with Crippen LogP contribution in [0.2, 0.25) is 0 Å². The lowest BCUT2D eigenvalue weighted by Crippen LogP contribution is -2.55. The number of ether oxygens (including phenoxy) is 1. The molecule has 2 aliphatic rings. The Hall–Kier alpha value is -1.43. The molecule has 0 spiro atoms. The van der Waals surface area contributed by atoms with Gasteiger partial charge in [0.1, 0.15) is 6.10 Å².